The van der Waals surface area contributed by atoms with Crippen LogP contribution in [0.15, 0.2) is 30.3 Å². The number of nitrogens with one attached hydrogen (secondary N) is 1. The van der Waals surface area contributed by atoms with Crippen molar-refractivity contribution in [3.05, 3.63) is 35.9 Å². The molecule has 0 aliphatic carbocycles. The lowest BCUT2D eigenvalue weighted by molar-refractivity contribution is -0.118. The summed E-state index contributed by atoms with van der Waals surface area (Å²) in [7, 11) is 0. The molecule has 0 saturated heterocycles. The summed E-state index contributed by atoms with van der Waals surface area (Å²) in [6, 6.07) is 11.0. The monoisotopic (exact) mass is 262 g/mol. The molecule has 1 amide bonds. The van der Waals surface area contributed by atoms with Crippen LogP contribution in [0.25, 0.3) is 0 Å². The molecule has 1 rings (SSSR count). The molecule has 106 valence electrons. The molecule has 2 atom stereocenters. The molecule has 3 N–H and O–H groups in total. The van der Waals surface area contributed by atoms with Gasteiger partial charge in [-0.3, -0.25) is 4.79 Å². The standard InChI is InChI=1S/C16H26N2O/c1-12(10-15(17)19)18-13(2)11-16(3,4)14-8-6-5-7-9-14/h5-9,12-13,18H,10-11H2,1-4H3,(H2,17,19). The Bertz CT molecular complexity index is 400. The molecule has 1 aromatic carbocycles. The van der Waals surface area contributed by atoms with Gasteiger partial charge < -0.3 is 11.1 Å². The van der Waals surface area contributed by atoms with Crippen LogP contribution in [-0.4, -0.2) is 18.0 Å². The van der Waals surface area contributed by atoms with E-state index in [1.165, 1.54) is 5.56 Å². The Morgan fingerprint density at radius 1 is 1.21 bits per heavy atom. The van der Waals surface area contributed by atoms with Gasteiger partial charge in [0.2, 0.25) is 5.91 Å². The van der Waals surface area contributed by atoms with Gasteiger partial charge in [0.1, 0.15) is 0 Å². The maximum absolute atomic E-state index is 10.9. The maximum Gasteiger partial charge on any atom is 0.218 e. The minimum absolute atomic E-state index is 0.111. The Balaban J connectivity index is 2.56. The summed E-state index contributed by atoms with van der Waals surface area (Å²) in [4.78, 5) is 10.9. The van der Waals surface area contributed by atoms with E-state index in [-0.39, 0.29) is 17.4 Å². The number of carbonyl (C=O) groups excluding carboxylic acids is 1. The van der Waals surface area contributed by atoms with E-state index >= 15 is 0 Å². The molecule has 0 spiro atoms. The zero-order valence-electron chi connectivity index (χ0n) is 12.4. The fraction of sp³-hybridized carbons (Fsp3) is 0.562. The van der Waals surface area contributed by atoms with E-state index in [0.717, 1.165) is 6.42 Å². The second kappa shape index (κ2) is 6.71. The van der Waals surface area contributed by atoms with Gasteiger partial charge in [-0.1, -0.05) is 44.2 Å². The highest BCUT2D eigenvalue weighted by molar-refractivity contribution is 5.74. The van der Waals surface area contributed by atoms with Crippen LogP contribution in [0, 0.1) is 0 Å². The van der Waals surface area contributed by atoms with Crippen LogP contribution in [0.5, 0.6) is 0 Å². The van der Waals surface area contributed by atoms with Gasteiger partial charge in [-0.05, 0) is 31.2 Å². The van der Waals surface area contributed by atoms with Crippen molar-refractivity contribution in [3.8, 4) is 0 Å². The van der Waals surface area contributed by atoms with Crippen LogP contribution in [0.4, 0.5) is 0 Å². The average Bonchev–Trinajstić information content (AvgIpc) is 2.27. The SMILES string of the molecule is CC(CC(N)=O)NC(C)CC(C)(C)c1ccccc1. The Morgan fingerprint density at radius 3 is 2.32 bits per heavy atom. The van der Waals surface area contributed by atoms with Gasteiger partial charge in [-0.25, -0.2) is 0 Å². The lowest BCUT2D eigenvalue weighted by Crippen LogP contribution is -2.40. The van der Waals surface area contributed by atoms with Crippen molar-refractivity contribution in [1.82, 2.24) is 5.32 Å². The van der Waals surface area contributed by atoms with Gasteiger partial charge >= 0.3 is 0 Å². The molecule has 3 heteroatoms. The molecule has 0 aliphatic rings. The number of hydrogen-bond donors (Lipinski definition) is 2. The molecule has 2 unspecified atom stereocenters. The Hall–Kier alpha value is -1.35. The van der Waals surface area contributed by atoms with Gasteiger partial charge in [0.05, 0.1) is 0 Å². The van der Waals surface area contributed by atoms with E-state index in [2.05, 4.69) is 50.4 Å². The van der Waals surface area contributed by atoms with E-state index in [1.807, 2.05) is 13.0 Å². The van der Waals surface area contributed by atoms with Gasteiger partial charge in [-0.15, -0.1) is 0 Å². The van der Waals surface area contributed by atoms with Crippen LogP contribution >= 0.6 is 0 Å². The summed E-state index contributed by atoms with van der Waals surface area (Å²) in [6.07, 6.45) is 1.40. The minimum atomic E-state index is -0.255. The van der Waals surface area contributed by atoms with Crippen molar-refractivity contribution < 1.29 is 4.79 Å². The number of benzene rings is 1. The molecular formula is C16H26N2O. The first kappa shape index (κ1) is 15.7. The molecule has 3 nitrogen and oxygen atoms in total. The predicted molar refractivity (Wildman–Crippen MR) is 80.0 cm³/mol. The highest BCUT2D eigenvalue weighted by Crippen LogP contribution is 2.28. The van der Waals surface area contributed by atoms with Crippen LogP contribution in [0.1, 0.15) is 46.1 Å². The molecular weight excluding hydrogens is 236 g/mol. The van der Waals surface area contributed by atoms with Gasteiger partial charge in [0.15, 0.2) is 0 Å². The highest BCUT2D eigenvalue weighted by Gasteiger charge is 2.23. The first-order valence-corrected chi connectivity index (χ1v) is 6.91. The Kier molecular flexibility index (Phi) is 5.55. The number of nitrogens with two attached hydrogens (primary N) is 1. The first-order chi connectivity index (χ1) is 8.81. The fourth-order valence-electron chi connectivity index (χ4n) is 2.68. The fourth-order valence-corrected chi connectivity index (χ4v) is 2.68. The smallest absolute Gasteiger partial charge is 0.218 e. The molecule has 0 bridgehead atoms. The van der Waals surface area contributed by atoms with E-state index in [0.29, 0.717) is 12.5 Å². The quantitative estimate of drug-likeness (QED) is 0.793. The molecule has 0 radical (unpaired) electrons. The zero-order chi connectivity index (χ0) is 14.5. The number of primary amides is 1. The number of amides is 1. The summed E-state index contributed by atoms with van der Waals surface area (Å²) in [5.74, 6) is -0.255. The number of rotatable bonds is 7. The zero-order valence-corrected chi connectivity index (χ0v) is 12.4. The minimum Gasteiger partial charge on any atom is -0.370 e. The summed E-state index contributed by atoms with van der Waals surface area (Å²) >= 11 is 0. The van der Waals surface area contributed by atoms with Gasteiger partial charge in [0, 0.05) is 18.5 Å². The van der Waals surface area contributed by atoms with Crippen molar-refractivity contribution in [3.63, 3.8) is 0 Å². The molecule has 0 aromatic heterocycles. The molecule has 0 saturated carbocycles. The second-order valence-electron chi connectivity index (χ2n) is 6.09. The van der Waals surface area contributed by atoms with E-state index in [1.54, 1.807) is 0 Å². The highest BCUT2D eigenvalue weighted by atomic mass is 16.1. The normalized spacial score (nSPS) is 14.9. The second-order valence-corrected chi connectivity index (χ2v) is 6.09. The number of carbonyl (C=O) groups is 1. The maximum atomic E-state index is 10.9. The van der Waals surface area contributed by atoms with Crippen molar-refractivity contribution in [2.75, 3.05) is 0 Å². The molecule has 0 aliphatic heterocycles. The van der Waals surface area contributed by atoms with Crippen molar-refractivity contribution in [1.29, 1.82) is 0 Å². The van der Waals surface area contributed by atoms with Crippen LogP contribution in [0.2, 0.25) is 0 Å². The van der Waals surface area contributed by atoms with Crippen molar-refractivity contribution >= 4 is 5.91 Å². The third-order valence-corrected chi connectivity index (χ3v) is 3.45. The van der Waals surface area contributed by atoms with E-state index in [4.69, 9.17) is 5.73 Å². The Labute approximate surface area is 116 Å². The van der Waals surface area contributed by atoms with Gasteiger partial charge in [-0.2, -0.15) is 0 Å². The topological polar surface area (TPSA) is 55.1 Å². The molecule has 0 heterocycles. The van der Waals surface area contributed by atoms with Crippen molar-refractivity contribution in [2.45, 2.75) is 58.0 Å². The number of hydrogen-bond acceptors (Lipinski definition) is 2. The van der Waals surface area contributed by atoms with E-state index in [9.17, 15) is 4.79 Å². The van der Waals surface area contributed by atoms with Gasteiger partial charge in [0.25, 0.3) is 0 Å². The molecule has 0 fully saturated rings. The molecule has 19 heavy (non-hydrogen) atoms. The third kappa shape index (κ3) is 5.43. The van der Waals surface area contributed by atoms with Crippen LogP contribution in [-0.2, 0) is 10.2 Å². The van der Waals surface area contributed by atoms with Crippen LogP contribution in [0.3, 0.4) is 0 Å². The lowest BCUT2D eigenvalue weighted by Gasteiger charge is -2.30. The summed E-state index contributed by atoms with van der Waals surface area (Å²) < 4.78 is 0. The Morgan fingerprint density at radius 2 is 1.79 bits per heavy atom. The largest absolute Gasteiger partial charge is 0.370 e. The average molecular weight is 262 g/mol. The summed E-state index contributed by atoms with van der Waals surface area (Å²) in [5, 5.41) is 3.44. The summed E-state index contributed by atoms with van der Waals surface area (Å²) in [6.45, 7) is 8.65. The van der Waals surface area contributed by atoms with Crippen molar-refractivity contribution in [2.24, 2.45) is 5.73 Å². The van der Waals surface area contributed by atoms with E-state index < -0.39 is 0 Å². The lowest BCUT2D eigenvalue weighted by atomic mass is 9.79. The third-order valence-electron chi connectivity index (χ3n) is 3.45. The predicted octanol–water partition coefficient (Wildman–Crippen LogP) is 2.60. The van der Waals surface area contributed by atoms with Crippen LogP contribution < -0.4 is 11.1 Å². The molecule has 1 aromatic rings. The first-order valence-electron chi connectivity index (χ1n) is 6.91. The summed E-state index contributed by atoms with van der Waals surface area (Å²) in [5.41, 5.74) is 6.66.